The van der Waals surface area contributed by atoms with Crippen LogP contribution in [0.25, 0.3) is 0 Å². The number of phenols is 1. The third kappa shape index (κ3) is 3.58. The van der Waals surface area contributed by atoms with E-state index in [9.17, 15) is 9.90 Å². The zero-order chi connectivity index (χ0) is 13.8. The highest BCUT2D eigenvalue weighted by molar-refractivity contribution is 9.10. The molecule has 1 N–H and O–H groups in total. The summed E-state index contributed by atoms with van der Waals surface area (Å²) in [6.07, 6.45) is 0.333. The maximum absolute atomic E-state index is 12.1. The minimum absolute atomic E-state index is 0.0204. The fourth-order valence-electron chi connectivity index (χ4n) is 1.74. The molecule has 0 aliphatic heterocycles. The first-order chi connectivity index (χ1) is 9.06. The summed E-state index contributed by atoms with van der Waals surface area (Å²) in [5.41, 5.74) is 1.64. The Hall–Kier alpha value is -1.81. The molecule has 2 rings (SSSR count). The Kier molecular flexibility index (Phi) is 4.22. The van der Waals surface area contributed by atoms with Gasteiger partial charge >= 0.3 is 0 Å². The second kappa shape index (κ2) is 5.89. The van der Waals surface area contributed by atoms with Gasteiger partial charge in [0.05, 0.1) is 6.42 Å². The van der Waals surface area contributed by atoms with Crippen molar-refractivity contribution in [3.8, 4) is 5.75 Å². The summed E-state index contributed by atoms with van der Waals surface area (Å²) in [5, 5.41) is 9.42. The third-order valence-corrected chi connectivity index (χ3v) is 3.39. The summed E-state index contributed by atoms with van der Waals surface area (Å²) in [4.78, 5) is 13.7. The lowest BCUT2D eigenvalue weighted by Crippen LogP contribution is -2.27. The highest BCUT2D eigenvalue weighted by Gasteiger charge is 2.11. The Balaban J connectivity index is 2.09. The summed E-state index contributed by atoms with van der Waals surface area (Å²) in [7, 11) is 1.70. The van der Waals surface area contributed by atoms with Gasteiger partial charge in [-0.2, -0.15) is 0 Å². The molecule has 0 saturated carbocycles. The topological polar surface area (TPSA) is 40.5 Å². The van der Waals surface area contributed by atoms with Crippen molar-refractivity contribution < 1.29 is 9.90 Å². The minimum Gasteiger partial charge on any atom is -0.508 e. The van der Waals surface area contributed by atoms with E-state index in [1.54, 1.807) is 36.2 Å². The van der Waals surface area contributed by atoms with Crippen molar-refractivity contribution in [1.29, 1.82) is 0 Å². The zero-order valence-electron chi connectivity index (χ0n) is 10.5. The second-order valence-corrected chi connectivity index (χ2v) is 5.19. The SMILES string of the molecule is CN(C(=O)Cc1ccc(Br)cc1)c1cccc(O)c1. The van der Waals surface area contributed by atoms with E-state index < -0.39 is 0 Å². The van der Waals surface area contributed by atoms with Gasteiger partial charge in [0.25, 0.3) is 0 Å². The predicted molar refractivity (Wildman–Crippen MR) is 79.4 cm³/mol. The first-order valence-electron chi connectivity index (χ1n) is 5.86. The first-order valence-corrected chi connectivity index (χ1v) is 6.65. The molecule has 0 fully saturated rings. The Morgan fingerprint density at radius 2 is 1.89 bits per heavy atom. The van der Waals surface area contributed by atoms with Crippen LogP contribution in [-0.4, -0.2) is 18.1 Å². The van der Waals surface area contributed by atoms with E-state index in [2.05, 4.69) is 15.9 Å². The van der Waals surface area contributed by atoms with Gasteiger partial charge in [-0.05, 0) is 29.8 Å². The number of rotatable bonds is 3. The van der Waals surface area contributed by atoms with Crippen LogP contribution in [0.5, 0.6) is 5.75 Å². The van der Waals surface area contributed by atoms with Gasteiger partial charge in [-0.3, -0.25) is 4.79 Å². The zero-order valence-corrected chi connectivity index (χ0v) is 12.1. The molecule has 0 atom stereocenters. The van der Waals surface area contributed by atoms with Crippen molar-refractivity contribution in [2.75, 3.05) is 11.9 Å². The van der Waals surface area contributed by atoms with Crippen LogP contribution in [0.1, 0.15) is 5.56 Å². The number of benzene rings is 2. The summed E-state index contributed by atoms with van der Waals surface area (Å²) < 4.78 is 0.991. The highest BCUT2D eigenvalue weighted by Crippen LogP contribution is 2.20. The Bertz CT molecular complexity index is 581. The number of likely N-dealkylation sites (N-methyl/N-ethyl adjacent to an activating group) is 1. The molecule has 0 aromatic heterocycles. The molecule has 0 unspecified atom stereocenters. The van der Waals surface area contributed by atoms with Crippen LogP contribution >= 0.6 is 15.9 Å². The number of nitrogens with zero attached hydrogens (tertiary/aromatic N) is 1. The van der Waals surface area contributed by atoms with E-state index in [0.29, 0.717) is 12.1 Å². The molecule has 0 saturated heterocycles. The maximum atomic E-state index is 12.1. The lowest BCUT2D eigenvalue weighted by atomic mass is 10.1. The predicted octanol–water partition coefficient (Wildman–Crippen LogP) is 3.36. The summed E-state index contributed by atoms with van der Waals surface area (Å²) in [6.45, 7) is 0. The normalized spacial score (nSPS) is 10.2. The van der Waals surface area contributed by atoms with Crippen LogP contribution in [0, 0.1) is 0 Å². The van der Waals surface area contributed by atoms with Gasteiger partial charge in [0.15, 0.2) is 0 Å². The summed E-state index contributed by atoms with van der Waals surface area (Å²) in [5.74, 6) is 0.133. The van der Waals surface area contributed by atoms with Gasteiger partial charge < -0.3 is 10.0 Å². The van der Waals surface area contributed by atoms with E-state index >= 15 is 0 Å². The lowest BCUT2D eigenvalue weighted by Gasteiger charge is -2.17. The fourth-order valence-corrected chi connectivity index (χ4v) is 2.01. The third-order valence-electron chi connectivity index (χ3n) is 2.86. The van der Waals surface area contributed by atoms with E-state index in [1.807, 2.05) is 24.3 Å². The molecule has 2 aromatic rings. The van der Waals surface area contributed by atoms with E-state index in [4.69, 9.17) is 0 Å². The molecule has 0 aliphatic rings. The molecule has 98 valence electrons. The Morgan fingerprint density at radius 3 is 2.53 bits per heavy atom. The monoisotopic (exact) mass is 319 g/mol. The van der Waals surface area contributed by atoms with E-state index in [1.165, 1.54) is 0 Å². The lowest BCUT2D eigenvalue weighted by molar-refractivity contribution is -0.117. The van der Waals surface area contributed by atoms with Crippen molar-refractivity contribution in [3.63, 3.8) is 0 Å². The standard InChI is InChI=1S/C15H14BrNO2/c1-17(13-3-2-4-14(18)10-13)15(19)9-11-5-7-12(16)8-6-11/h2-8,10,18H,9H2,1H3. The molecular weight excluding hydrogens is 306 g/mol. The molecule has 0 aliphatic carbocycles. The number of anilines is 1. The molecule has 0 spiro atoms. The smallest absolute Gasteiger partial charge is 0.231 e. The summed E-state index contributed by atoms with van der Waals surface area (Å²) in [6, 6.07) is 14.3. The number of hydrogen-bond acceptors (Lipinski definition) is 2. The van der Waals surface area contributed by atoms with Crippen molar-refractivity contribution in [1.82, 2.24) is 0 Å². The van der Waals surface area contributed by atoms with Crippen molar-refractivity contribution in [2.24, 2.45) is 0 Å². The van der Waals surface area contributed by atoms with Gasteiger partial charge in [0, 0.05) is 23.3 Å². The Morgan fingerprint density at radius 1 is 1.21 bits per heavy atom. The van der Waals surface area contributed by atoms with Crippen LogP contribution in [-0.2, 0) is 11.2 Å². The van der Waals surface area contributed by atoms with Gasteiger partial charge in [-0.1, -0.05) is 34.1 Å². The number of carbonyl (C=O) groups is 1. The highest BCUT2D eigenvalue weighted by atomic mass is 79.9. The minimum atomic E-state index is -0.0204. The molecule has 4 heteroatoms. The van der Waals surface area contributed by atoms with E-state index in [-0.39, 0.29) is 11.7 Å². The number of amides is 1. The largest absolute Gasteiger partial charge is 0.508 e. The number of halogens is 1. The molecule has 19 heavy (non-hydrogen) atoms. The molecule has 1 amide bonds. The van der Waals surface area contributed by atoms with Crippen LogP contribution < -0.4 is 4.90 Å². The molecular formula is C15H14BrNO2. The van der Waals surface area contributed by atoms with Crippen molar-refractivity contribution in [2.45, 2.75) is 6.42 Å². The maximum Gasteiger partial charge on any atom is 0.231 e. The first kappa shape index (κ1) is 13.6. The number of hydrogen-bond donors (Lipinski definition) is 1. The van der Waals surface area contributed by atoms with Gasteiger partial charge in [-0.15, -0.1) is 0 Å². The van der Waals surface area contributed by atoms with Crippen molar-refractivity contribution in [3.05, 3.63) is 58.6 Å². The van der Waals surface area contributed by atoms with Crippen LogP contribution in [0.2, 0.25) is 0 Å². The van der Waals surface area contributed by atoms with Crippen LogP contribution in [0.4, 0.5) is 5.69 Å². The molecule has 2 aromatic carbocycles. The number of phenolic OH excluding ortho intramolecular Hbond substituents is 1. The average Bonchev–Trinajstić information content (AvgIpc) is 2.40. The number of carbonyl (C=O) groups excluding carboxylic acids is 1. The fraction of sp³-hybridized carbons (Fsp3) is 0.133. The number of aromatic hydroxyl groups is 1. The molecule has 0 heterocycles. The van der Waals surface area contributed by atoms with Crippen molar-refractivity contribution >= 4 is 27.5 Å². The Labute approximate surface area is 120 Å². The average molecular weight is 320 g/mol. The molecule has 0 bridgehead atoms. The summed E-state index contributed by atoms with van der Waals surface area (Å²) >= 11 is 3.36. The molecule has 0 radical (unpaired) electrons. The van der Waals surface area contributed by atoms with Crippen LogP contribution in [0.3, 0.4) is 0 Å². The quantitative estimate of drug-likeness (QED) is 0.942. The van der Waals surface area contributed by atoms with Crippen LogP contribution in [0.15, 0.2) is 53.0 Å². The van der Waals surface area contributed by atoms with E-state index in [0.717, 1.165) is 10.0 Å². The second-order valence-electron chi connectivity index (χ2n) is 4.28. The molecule has 3 nitrogen and oxygen atoms in total. The van der Waals surface area contributed by atoms with Gasteiger partial charge in [-0.25, -0.2) is 0 Å². The van der Waals surface area contributed by atoms with Gasteiger partial charge in [0.2, 0.25) is 5.91 Å². The van der Waals surface area contributed by atoms with Gasteiger partial charge in [0.1, 0.15) is 5.75 Å².